The maximum absolute atomic E-state index is 12.0. The first-order valence-corrected chi connectivity index (χ1v) is 10.1. The number of phenols is 1. The molecule has 138 valence electrons. The highest BCUT2D eigenvalue weighted by molar-refractivity contribution is 7.14. The molecule has 2 bridgehead atoms. The summed E-state index contributed by atoms with van der Waals surface area (Å²) in [5, 5.41) is 25.9. The number of amides is 1. The molecule has 2 atom stereocenters. The van der Waals surface area contributed by atoms with Gasteiger partial charge in [0.2, 0.25) is 0 Å². The van der Waals surface area contributed by atoms with E-state index in [1.165, 1.54) is 29.1 Å². The van der Waals surface area contributed by atoms with E-state index in [9.17, 15) is 15.0 Å². The number of nitrogens with one attached hydrogen (secondary N) is 1. The van der Waals surface area contributed by atoms with Crippen LogP contribution >= 0.6 is 11.3 Å². The summed E-state index contributed by atoms with van der Waals surface area (Å²) in [5.74, 6) is 0.653. The lowest BCUT2D eigenvalue weighted by molar-refractivity contribution is 0.198. The van der Waals surface area contributed by atoms with Crippen LogP contribution in [0.5, 0.6) is 5.75 Å². The van der Waals surface area contributed by atoms with Crippen molar-refractivity contribution in [1.29, 1.82) is 0 Å². The van der Waals surface area contributed by atoms with E-state index in [4.69, 9.17) is 0 Å². The molecule has 1 aromatic heterocycles. The van der Waals surface area contributed by atoms with Gasteiger partial charge in [0.25, 0.3) is 0 Å². The average molecular weight is 372 g/mol. The van der Waals surface area contributed by atoms with Crippen LogP contribution in [0.2, 0.25) is 0 Å². The first-order valence-electron chi connectivity index (χ1n) is 9.19. The minimum Gasteiger partial charge on any atom is -0.508 e. The lowest BCUT2D eigenvalue weighted by Gasteiger charge is -2.32. The Kier molecular flexibility index (Phi) is 4.87. The average Bonchev–Trinajstić information content (AvgIpc) is 3.18. The van der Waals surface area contributed by atoms with Crippen molar-refractivity contribution in [2.24, 2.45) is 5.92 Å². The first kappa shape index (κ1) is 17.4. The fourth-order valence-corrected chi connectivity index (χ4v) is 5.35. The van der Waals surface area contributed by atoms with Crippen molar-refractivity contribution >= 4 is 22.4 Å². The Labute approximate surface area is 157 Å². The van der Waals surface area contributed by atoms with Crippen LogP contribution in [0.1, 0.15) is 36.8 Å². The van der Waals surface area contributed by atoms with Crippen LogP contribution in [0.25, 0.3) is 0 Å². The standard InChI is InChI=1S/C20H24N2O3S/c23-18-3-1-2-13(11-18)8-15-6-7-26-19(15)22(20(24)25)12-14-9-16-4-5-17(10-14)21-16/h1-3,6-7,11,14,16-17,21,23H,4-5,8-10,12H2,(H,24,25). The second-order valence-electron chi connectivity index (χ2n) is 7.47. The topological polar surface area (TPSA) is 72.8 Å². The van der Waals surface area contributed by atoms with Crippen molar-refractivity contribution in [2.45, 2.75) is 44.2 Å². The molecule has 6 heteroatoms. The number of carboxylic acid groups (broad SMARTS) is 1. The largest absolute Gasteiger partial charge is 0.508 e. The molecule has 0 radical (unpaired) electrons. The number of thiophene rings is 1. The van der Waals surface area contributed by atoms with Crippen LogP contribution in [0, 0.1) is 5.92 Å². The maximum atomic E-state index is 12.0. The fraction of sp³-hybridized carbons (Fsp3) is 0.450. The van der Waals surface area contributed by atoms with E-state index >= 15 is 0 Å². The number of benzene rings is 1. The third kappa shape index (κ3) is 3.71. The van der Waals surface area contributed by atoms with E-state index in [0.29, 0.717) is 31.0 Å². The van der Waals surface area contributed by atoms with Crippen molar-refractivity contribution in [3.05, 3.63) is 46.8 Å². The van der Waals surface area contributed by atoms with E-state index in [-0.39, 0.29) is 5.75 Å². The predicted octanol–water partition coefficient (Wildman–Crippen LogP) is 4.06. The quantitative estimate of drug-likeness (QED) is 0.740. The summed E-state index contributed by atoms with van der Waals surface area (Å²) in [6, 6.07) is 10.3. The number of carbonyl (C=O) groups is 1. The molecule has 2 unspecified atom stereocenters. The number of hydrogen-bond donors (Lipinski definition) is 3. The Morgan fingerprint density at radius 3 is 2.69 bits per heavy atom. The van der Waals surface area contributed by atoms with E-state index in [0.717, 1.165) is 29.0 Å². The van der Waals surface area contributed by atoms with Gasteiger partial charge in [-0.15, -0.1) is 11.3 Å². The van der Waals surface area contributed by atoms with Gasteiger partial charge in [0.15, 0.2) is 0 Å². The van der Waals surface area contributed by atoms with Crippen molar-refractivity contribution in [2.75, 3.05) is 11.4 Å². The Bertz CT molecular complexity index is 779. The summed E-state index contributed by atoms with van der Waals surface area (Å²) in [4.78, 5) is 13.5. The normalized spacial score (nSPS) is 24.5. The van der Waals surface area contributed by atoms with E-state index in [2.05, 4.69) is 5.32 Å². The Morgan fingerprint density at radius 1 is 1.23 bits per heavy atom. The summed E-state index contributed by atoms with van der Waals surface area (Å²) in [6.45, 7) is 0.567. The molecule has 0 aliphatic carbocycles. The number of anilines is 1. The van der Waals surface area contributed by atoms with Gasteiger partial charge in [0.1, 0.15) is 10.8 Å². The van der Waals surface area contributed by atoms with Gasteiger partial charge in [-0.1, -0.05) is 12.1 Å². The Balaban J connectivity index is 1.52. The highest BCUT2D eigenvalue weighted by atomic mass is 32.1. The molecule has 0 saturated carbocycles. The van der Waals surface area contributed by atoms with Crippen LogP contribution in [0.15, 0.2) is 35.7 Å². The molecule has 1 amide bonds. The molecule has 2 fully saturated rings. The highest BCUT2D eigenvalue weighted by Gasteiger charge is 2.35. The van der Waals surface area contributed by atoms with Gasteiger partial charge in [-0.25, -0.2) is 4.79 Å². The molecule has 0 spiro atoms. The van der Waals surface area contributed by atoms with Crippen molar-refractivity contribution < 1.29 is 15.0 Å². The number of piperidine rings is 1. The van der Waals surface area contributed by atoms with E-state index in [1.54, 1.807) is 12.1 Å². The maximum Gasteiger partial charge on any atom is 0.412 e. The van der Waals surface area contributed by atoms with Gasteiger partial charge >= 0.3 is 6.09 Å². The number of nitrogens with zero attached hydrogens (tertiary/aromatic N) is 1. The predicted molar refractivity (Wildman–Crippen MR) is 103 cm³/mol. The smallest absolute Gasteiger partial charge is 0.412 e. The van der Waals surface area contributed by atoms with Crippen LogP contribution < -0.4 is 10.2 Å². The molecule has 2 aromatic rings. The van der Waals surface area contributed by atoms with Crippen LogP contribution in [-0.2, 0) is 6.42 Å². The van der Waals surface area contributed by atoms with E-state index < -0.39 is 6.09 Å². The van der Waals surface area contributed by atoms with Crippen LogP contribution in [0.4, 0.5) is 9.80 Å². The number of fused-ring (bicyclic) bond motifs is 2. The Hall–Kier alpha value is -2.05. The molecule has 1 aromatic carbocycles. The molecule has 2 saturated heterocycles. The van der Waals surface area contributed by atoms with Crippen molar-refractivity contribution in [3.63, 3.8) is 0 Å². The number of hydrogen-bond acceptors (Lipinski definition) is 4. The molecule has 4 rings (SSSR count). The van der Waals surface area contributed by atoms with Gasteiger partial charge in [-0.05, 0) is 66.3 Å². The second-order valence-corrected chi connectivity index (χ2v) is 8.36. The van der Waals surface area contributed by atoms with Crippen LogP contribution in [-0.4, -0.2) is 34.9 Å². The molecule has 26 heavy (non-hydrogen) atoms. The highest BCUT2D eigenvalue weighted by Crippen LogP contribution is 2.35. The zero-order valence-corrected chi connectivity index (χ0v) is 15.4. The molecular formula is C20H24N2O3S. The SMILES string of the molecule is O=C(O)N(CC1CC2CCC(C1)N2)c1sccc1Cc1cccc(O)c1. The van der Waals surface area contributed by atoms with Gasteiger partial charge in [0, 0.05) is 25.0 Å². The van der Waals surface area contributed by atoms with E-state index in [1.807, 2.05) is 23.6 Å². The zero-order chi connectivity index (χ0) is 18.1. The summed E-state index contributed by atoms with van der Waals surface area (Å²) in [6.07, 6.45) is 4.30. The molecule has 3 N–H and O–H groups in total. The first-order chi connectivity index (χ1) is 12.6. The third-order valence-corrected chi connectivity index (χ3v) is 6.49. The van der Waals surface area contributed by atoms with Gasteiger partial charge in [-0.3, -0.25) is 4.90 Å². The number of rotatable bonds is 5. The van der Waals surface area contributed by atoms with Gasteiger partial charge < -0.3 is 15.5 Å². The lowest BCUT2D eigenvalue weighted by Crippen LogP contribution is -2.43. The number of aromatic hydroxyl groups is 1. The molecule has 2 aliphatic rings. The number of phenolic OH excluding ortho intramolecular Hbond substituents is 1. The fourth-order valence-electron chi connectivity index (χ4n) is 4.42. The summed E-state index contributed by atoms with van der Waals surface area (Å²) in [5.41, 5.74) is 1.98. The molecule has 3 heterocycles. The molecular weight excluding hydrogens is 348 g/mol. The summed E-state index contributed by atoms with van der Waals surface area (Å²) >= 11 is 1.48. The Morgan fingerprint density at radius 2 is 2.00 bits per heavy atom. The second kappa shape index (κ2) is 7.29. The monoisotopic (exact) mass is 372 g/mol. The zero-order valence-electron chi connectivity index (χ0n) is 14.6. The van der Waals surface area contributed by atoms with Crippen molar-refractivity contribution in [3.8, 4) is 5.75 Å². The minimum absolute atomic E-state index is 0.236. The van der Waals surface area contributed by atoms with Crippen molar-refractivity contribution in [1.82, 2.24) is 5.32 Å². The molecule has 2 aliphatic heterocycles. The van der Waals surface area contributed by atoms with Crippen LogP contribution in [0.3, 0.4) is 0 Å². The summed E-state index contributed by atoms with van der Waals surface area (Å²) in [7, 11) is 0. The minimum atomic E-state index is -0.879. The van der Waals surface area contributed by atoms with Gasteiger partial charge in [-0.2, -0.15) is 0 Å². The molecule has 5 nitrogen and oxygen atoms in total. The third-order valence-electron chi connectivity index (χ3n) is 5.52. The lowest BCUT2D eigenvalue weighted by atomic mass is 9.92. The van der Waals surface area contributed by atoms with Gasteiger partial charge in [0.05, 0.1) is 0 Å². The summed E-state index contributed by atoms with van der Waals surface area (Å²) < 4.78 is 0.